The molecule has 0 bridgehead atoms. The number of pyridine rings is 2. The zero-order chi connectivity index (χ0) is 26.7. The maximum Gasteiger partial charge on any atom is 0.401 e. The summed E-state index contributed by atoms with van der Waals surface area (Å²) in [4.78, 5) is 20.6. The zero-order valence-electron chi connectivity index (χ0n) is 21.8. The highest BCUT2D eigenvalue weighted by Gasteiger charge is 2.33. The van der Waals surface area contributed by atoms with Gasteiger partial charge in [0, 0.05) is 60.8 Å². The van der Waals surface area contributed by atoms with E-state index in [1.54, 1.807) is 6.20 Å². The molecule has 0 aromatic carbocycles. The monoisotopic (exact) mass is 527 g/mol. The van der Waals surface area contributed by atoms with Crippen LogP contribution in [0.3, 0.4) is 0 Å². The first-order valence-corrected chi connectivity index (χ1v) is 13.6. The molecule has 7 nitrogen and oxygen atoms in total. The number of rotatable bonds is 7. The summed E-state index contributed by atoms with van der Waals surface area (Å²) in [5, 5.41) is 3.45. The van der Waals surface area contributed by atoms with Crippen molar-refractivity contribution in [1.82, 2.24) is 14.9 Å². The molecule has 2 fully saturated rings. The standard InChI is InChI=1S/C28H36F3N7/c1-18-13-23(34-10-8-32)26-22(19-3-2-4-19)15-33-16-24(26)37-27(18)20-5-9-35-25(14-20)36-21-6-11-38(12-7-21)17-28(29,30)31/h5,9,14-16,18-19,21H,2-4,6-8,10-13,17,32H2,1H3,(H,35,36). The predicted octanol–water partition coefficient (Wildman–Crippen LogP) is 5.09. The van der Waals surface area contributed by atoms with Gasteiger partial charge in [-0.2, -0.15) is 13.2 Å². The van der Waals surface area contributed by atoms with E-state index in [4.69, 9.17) is 15.7 Å². The first kappa shape index (κ1) is 26.7. The minimum Gasteiger partial charge on any atom is -0.367 e. The van der Waals surface area contributed by atoms with Crippen molar-refractivity contribution in [3.8, 4) is 0 Å². The summed E-state index contributed by atoms with van der Waals surface area (Å²) < 4.78 is 38.2. The lowest BCUT2D eigenvalue weighted by molar-refractivity contribution is -0.147. The smallest absolute Gasteiger partial charge is 0.367 e. The molecule has 1 atom stereocenters. The normalized spacial score (nSPS) is 22.5. The Morgan fingerprint density at radius 3 is 2.63 bits per heavy atom. The number of nitrogens with zero attached hydrogens (tertiary/aromatic N) is 5. The van der Waals surface area contributed by atoms with Gasteiger partial charge in [-0.1, -0.05) is 13.3 Å². The van der Waals surface area contributed by atoms with Crippen LogP contribution in [0.5, 0.6) is 0 Å². The molecule has 1 unspecified atom stereocenters. The Bertz CT molecular complexity index is 1180. The number of halogens is 3. The predicted molar refractivity (Wildman–Crippen MR) is 145 cm³/mol. The Morgan fingerprint density at radius 2 is 1.95 bits per heavy atom. The number of anilines is 1. The van der Waals surface area contributed by atoms with E-state index in [0.717, 1.165) is 40.5 Å². The SMILES string of the molecule is CC1CC(=NCCN)c2c(cncc2C2CCC2)N=C1c1ccnc(NC2CCN(CC(F)(F)F)CC2)c1. The van der Waals surface area contributed by atoms with Crippen LogP contribution in [0.4, 0.5) is 24.7 Å². The molecule has 1 saturated heterocycles. The van der Waals surface area contributed by atoms with E-state index in [1.807, 2.05) is 24.5 Å². The third-order valence-corrected chi connectivity index (χ3v) is 7.83. The molecule has 10 heteroatoms. The maximum absolute atomic E-state index is 12.7. The van der Waals surface area contributed by atoms with E-state index in [1.165, 1.54) is 29.7 Å². The van der Waals surface area contributed by atoms with E-state index in [2.05, 4.69) is 22.2 Å². The second-order valence-corrected chi connectivity index (χ2v) is 10.7. The van der Waals surface area contributed by atoms with Crippen molar-refractivity contribution >= 4 is 22.9 Å². The van der Waals surface area contributed by atoms with Crippen LogP contribution in [0.25, 0.3) is 0 Å². The van der Waals surface area contributed by atoms with Crippen molar-refractivity contribution < 1.29 is 13.2 Å². The average Bonchev–Trinajstić information content (AvgIpc) is 2.99. The fourth-order valence-corrected chi connectivity index (χ4v) is 5.68. The van der Waals surface area contributed by atoms with Crippen LogP contribution in [0.15, 0.2) is 40.7 Å². The molecule has 38 heavy (non-hydrogen) atoms. The minimum absolute atomic E-state index is 0.0840. The van der Waals surface area contributed by atoms with Crippen molar-refractivity contribution in [2.45, 2.75) is 63.6 Å². The Kier molecular flexibility index (Phi) is 8.09. The number of likely N-dealkylation sites (tertiary alicyclic amines) is 1. The fraction of sp³-hybridized carbons (Fsp3) is 0.571. The van der Waals surface area contributed by atoms with Gasteiger partial charge in [0.05, 0.1) is 30.7 Å². The largest absolute Gasteiger partial charge is 0.401 e. The molecule has 0 spiro atoms. The lowest BCUT2D eigenvalue weighted by Gasteiger charge is -2.33. The van der Waals surface area contributed by atoms with E-state index < -0.39 is 12.7 Å². The molecule has 1 saturated carbocycles. The summed E-state index contributed by atoms with van der Waals surface area (Å²) in [6, 6.07) is 4.06. The van der Waals surface area contributed by atoms with Crippen LogP contribution in [-0.2, 0) is 0 Å². The van der Waals surface area contributed by atoms with Crippen molar-refractivity contribution in [1.29, 1.82) is 0 Å². The molecular weight excluding hydrogens is 491 g/mol. The molecule has 4 heterocycles. The van der Waals surface area contributed by atoms with E-state index in [9.17, 15) is 13.2 Å². The van der Waals surface area contributed by atoms with Crippen LogP contribution >= 0.6 is 0 Å². The molecule has 3 aliphatic rings. The van der Waals surface area contributed by atoms with Crippen molar-refractivity contribution in [2.75, 3.05) is 38.0 Å². The van der Waals surface area contributed by atoms with E-state index in [0.29, 0.717) is 44.9 Å². The Labute approximate surface area is 221 Å². The molecule has 0 amide bonds. The lowest BCUT2D eigenvalue weighted by Crippen LogP contribution is -2.43. The van der Waals surface area contributed by atoms with Gasteiger partial charge in [0.25, 0.3) is 0 Å². The molecule has 0 radical (unpaired) electrons. The van der Waals surface area contributed by atoms with E-state index in [-0.39, 0.29) is 12.0 Å². The summed E-state index contributed by atoms with van der Waals surface area (Å²) in [6.45, 7) is 3.23. The first-order valence-electron chi connectivity index (χ1n) is 13.6. The second-order valence-electron chi connectivity index (χ2n) is 10.7. The fourth-order valence-electron chi connectivity index (χ4n) is 5.68. The highest BCUT2D eigenvalue weighted by Crippen LogP contribution is 2.42. The number of nitrogens with one attached hydrogen (secondary N) is 1. The molecular formula is C28H36F3N7. The van der Waals surface area contributed by atoms with Gasteiger partial charge in [0.2, 0.25) is 0 Å². The Balaban J connectivity index is 1.38. The number of hydrogen-bond donors (Lipinski definition) is 2. The minimum atomic E-state index is -4.16. The van der Waals surface area contributed by atoms with Gasteiger partial charge in [-0.25, -0.2) is 4.98 Å². The van der Waals surface area contributed by atoms with Crippen molar-refractivity contribution in [3.05, 3.63) is 47.4 Å². The van der Waals surface area contributed by atoms with E-state index >= 15 is 0 Å². The molecule has 2 aliphatic heterocycles. The molecule has 2 aromatic heterocycles. The molecule has 3 N–H and O–H groups in total. The second kappa shape index (κ2) is 11.5. The van der Waals surface area contributed by atoms with Gasteiger partial charge in [-0.15, -0.1) is 0 Å². The van der Waals surface area contributed by atoms with Crippen molar-refractivity contribution in [2.24, 2.45) is 21.6 Å². The maximum atomic E-state index is 12.7. The van der Waals surface area contributed by atoms with Crippen LogP contribution in [0, 0.1) is 5.92 Å². The number of piperidine rings is 1. The first-order chi connectivity index (χ1) is 18.3. The average molecular weight is 528 g/mol. The zero-order valence-corrected chi connectivity index (χ0v) is 21.8. The Hall–Kier alpha value is -2.85. The number of aromatic nitrogens is 2. The van der Waals surface area contributed by atoms with Gasteiger partial charge >= 0.3 is 6.18 Å². The molecule has 204 valence electrons. The van der Waals surface area contributed by atoms with Crippen LogP contribution in [-0.4, -0.2) is 71.2 Å². The quantitative estimate of drug-likeness (QED) is 0.523. The van der Waals surface area contributed by atoms with Crippen LogP contribution < -0.4 is 11.1 Å². The van der Waals surface area contributed by atoms with Crippen LogP contribution in [0.2, 0.25) is 0 Å². The number of aliphatic imine (C=N–C) groups is 2. The van der Waals surface area contributed by atoms with Gasteiger partial charge in [0.1, 0.15) is 5.82 Å². The highest BCUT2D eigenvalue weighted by atomic mass is 19.4. The number of hydrogen-bond acceptors (Lipinski definition) is 7. The number of nitrogens with two attached hydrogens (primary N) is 1. The van der Waals surface area contributed by atoms with Gasteiger partial charge < -0.3 is 11.1 Å². The summed E-state index contributed by atoms with van der Waals surface area (Å²) in [7, 11) is 0. The molecule has 1 aliphatic carbocycles. The third kappa shape index (κ3) is 6.23. The van der Waals surface area contributed by atoms with Crippen molar-refractivity contribution in [3.63, 3.8) is 0 Å². The lowest BCUT2D eigenvalue weighted by atomic mass is 9.77. The summed E-state index contributed by atoms with van der Waals surface area (Å²) in [6.07, 6.45) is 7.06. The summed E-state index contributed by atoms with van der Waals surface area (Å²) in [5.74, 6) is 1.34. The number of alkyl halides is 3. The summed E-state index contributed by atoms with van der Waals surface area (Å²) >= 11 is 0. The highest BCUT2D eigenvalue weighted by molar-refractivity contribution is 6.14. The van der Waals surface area contributed by atoms with Crippen LogP contribution in [0.1, 0.15) is 68.1 Å². The Morgan fingerprint density at radius 1 is 1.16 bits per heavy atom. The summed E-state index contributed by atoms with van der Waals surface area (Å²) in [5.41, 5.74) is 12.0. The van der Waals surface area contributed by atoms with Gasteiger partial charge in [-0.05, 0) is 55.7 Å². The van der Waals surface area contributed by atoms with Gasteiger partial charge in [-0.3, -0.25) is 19.9 Å². The number of fused-ring (bicyclic) bond motifs is 1. The molecule has 2 aromatic rings. The topological polar surface area (TPSA) is 91.8 Å². The van der Waals surface area contributed by atoms with Gasteiger partial charge in [0.15, 0.2) is 0 Å². The third-order valence-electron chi connectivity index (χ3n) is 7.83. The molecule has 5 rings (SSSR count).